The highest BCUT2D eigenvalue weighted by molar-refractivity contribution is 7.89. The van der Waals surface area contributed by atoms with Gasteiger partial charge in [-0.25, -0.2) is 13.1 Å². The van der Waals surface area contributed by atoms with Crippen LogP contribution >= 0.6 is 0 Å². The molecule has 2 aromatic rings. The first-order valence-corrected chi connectivity index (χ1v) is 8.53. The van der Waals surface area contributed by atoms with E-state index in [4.69, 9.17) is 4.42 Å². The van der Waals surface area contributed by atoms with Crippen molar-refractivity contribution in [1.82, 2.24) is 14.9 Å². The Kier molecular flexibility index (Phi) is 5.08. The van der Waals surface area contributed by atoms with Crippen molar-refractivity contribution in [2.45, 2.75) is 33.2 Å². The zero-order valence-corrected chi connectivity index (χ0v) is 13.0. The molecule has 0 saturated carbocycles. The number of unbranched alkanes of at least 4 members (excludes halogenated alkanes) is 1. The molecule has 1 aromatic heterocycles. The second-order valence-corrected chi connectivity index (χ2v) is 6.74. The van der Waals surface area contributed by atoms with Crippen molar-refractivity contribution in [2.24, 2.45) is 0 Å². The summed E-state index contributed by atoms with van der Waals surface area (Å²) in [5.74, 6) is 0.770. The molecule has 0 aliphatic rings. The highest BCUT2D eigenvalue weighted by Gasteiger charge is 2.14. The fourth-order valence-corrected chi connectivity index (χ4v) is 2.98. The second-order valence-electron chi connectivity index (χ2n) is 4.81. The van der Waals surface area contributed by atoms with Crippen molar-refractivity contribution in [2.75, 3.05) is 5.75 Å². The smallest absolute Gasteiger partial charge is 0.248 e. The van der Waals surface area contributed by atoms with Crippen LogP contribution in [-0.2, 0) is 16.6 Å². The Labute approximate surface area is 124 Å². The van der Waals surface area contributed by atoms with Gasteiger partial charge in [-0.2, -0.15) is 0 Å². The molecule has 0 unspecified atom stereocenters. The molecule has 0 bridgehead atoms. The Hall–Kier alpha value is -1.73. The van der Waals surface area contributed by atoms with E-state index >= 15 is 0 Å². The lowest BCUT2D eigenvalue weighted by Gasteiger charge is -2.03. The zero-order valence-electron chi connectivity index (χ0n) is 12.2. The lowest BCUT2D eigenvalue weighted by Crippen LogP contribution is -2.26. The Bertz CT molecular complexity index is 695. The van der Waals surface area contributed by atoms with E-state index in [1.165, 1.54) is 0 Å². The van der Waals surface area contributed by atoms with Gasteiger partial charge < -0.3 is 4.42 Å². The lowest BCUT2D eigenvalue weighted by atomic mass is 10.1. The summed E-state index contributed by atoms with van der Waals surface area (Å²) < 4.78 is 31.4. The van der Waals surface area contributed by atoms with Crippen molar-refractivity contribution >= 4 is 10.0 Å². The summed E-state index contributed by atoms with van der Waals surface area (Å²) in [6.45, 7) is 3.92. The average Bonchev–Trinajstić information content (AvgIpc) is 2.92. The van der Waals surface area contributed by atoms with Gasteiger partial charge in [0.15, 0.2) is 0 Å². The van der Waals surface area contributed by atoms with E-state index in [2.05, 4.69) is 14.9 Å². The van der Waals surface area contributed by atoms with E-state index in [0.717, 1.165) is 17.5 Å². The van der Waals surface area contributed by atoms with Gasteiger partial charge in [0.05, 0.1) is 12.3 Å². The first-order valence-electron chi connectivity index (χ1n) is 6.87. The van der Waals surface area contributed by atoms with E-state index in [1.54, 1.807) is 0 Å². The van der Waals surface area contributed by atoms with E-state index < -0.39 is 10.0 Å². The summed E-state index contributed by atoms with van der Waals surface area (Å²) in [6, 6.07) is 7.66. The predicted octanol–water partition coefficient (Wildman–Crippen LogP) is 2.26. The normalized spacial score (nSPS) is 11.7. The van der Waals surface area contributed by atoms with E-state index in [0.29, 0.717) is 12.3 Å². The maximum absolute atomic E-state index is 11.7. The van der Waals surface area contributed by atoms with Crippen molar-refractivity contribution < 1.29 is 12.8 Å². The topological polar surface area (TPSA) is 85.1 Å². The molecule has 114 valence electrons. The molecule has 0 saturated heterocycles. The highest BCUT2D eigenvalue weighted by atomic mass is 32.2. The molecule has 0 fully saturated rings. The monoisotopic (exact) mass is 309 g/mol. The van der Waals surface area contributed by atoms with Crippen LogP contribution in [0.2, 0.25) is 0 Å². The summed E-state index contributed by atoms with van der Waals surface area (Å²) >= 11 is 0. The fourth-order valence-electron chi connectivity index (χ4n) is 1.82. The molecule has 2 rings (SSSR count). The van der Waals surface area contributed by atoms with Gasteiger partial charge >= 0.3 is 0 Å². The van der Waals surface area contributed by atoms with Crippen LogP contribution in [0.1, 0.15) is 31.2 Å². The number of hydrogen-bond acceptors (Lipinski definition) is 5. The maximum atomic E-state index is 11.7. The molecule has 1 aromatic carbocycles. The molecule has 6 nitrogen and oxygen atoms in total. The third-order valence-corrected chi connectivity index (χ3v) is 4.46. The van der Waals surface area contributed by atoms with Crippen LogP contribution in [-0.4, -0.2) is 24.4 Å². The van der Waals surface area contributed by atoms with Crippen LogP contribution in [0.15, 0.2) is 28.7 Å². The maximum Gasteiger partial charge on any atom is 0.248 e. The molecular formula is C14H19N3O3S. The fraction of sp³-hybridized carbons (Fsp3) is 0.429. The molecule has 7 heteroatoms. The number of hydrogen-bond donors (Lipinski definition) is 1. The summed E-state index contributed by atoms with van der Waals surface area (Å²) in [7, 11) is -3.28. The number of aromatic nitrogens is 2. The molecule has 0 aliphatic carbocycles. The van der Waals surface area contributed by atoms with Crippen LogP contribution in [0.25, 0.3) is 11.5 Å². The summed E-state index contributed by atoms with van der Waals surface area (Å²) in [4.78, 5) is 0. The van der Waals surface area contributed by atoms with Gasteiger partial charge in [-0.05, 0) is 25.0 Å². The first-order chi connectivity index (χ1) is 10.0. The molecule has 1 N–H and O–H groups in total. The SMILES string of the molecule is CCCCS(=O)(=O)NCc1nnc(-c2ccccc2C)o1. The Morgan fingerprint density at radius 1 is 1.24 bits per heavy atom. The summed E-state index contributed by atoms with van der Waals surface area (Å²) in [5, 5.41) is 7.83. The number of sulfonamides is 1. The quantitative estimate of drug-likeness (QED) is 0.848. The van der Waals surface area contributed by atoms with Gasteiger partial charge in [0.1, 0.15) is 0 Å². The van der Waals surface area contributed by atoms with Crippen molar-refractivity contribution in [3.63, 3.8) is 0 Å². The minimum atomic E-state index is -3.28. The van der Waals surface area contributed by atoms with Gasteiger partial charge in [0.2, 0.25) is 21.8 Å². The first kappa shape index (κ1) is 15.7. The molecule has 21 heavy (non-hydrogen) atoms. The lowest BCUT2D eigenvalue weighted by molar-refractivity contribution is 0.493. The standard InChI is InChI=1S/C14H19N3O3S/c1-3-4-9-21(18,19)15-10-13-16-17-14(20-13)12-8-6-5-7-11(12)2/h5-8,15H,3-4,9-10H2,1-2H3. The van der Waals surface area contributed by atoms with Gasteiger partial charge in [-0.3, -0.25) is 0 Å². The Morgan fingerprint density at radius 2 is 2.00 bits per heavy atom. The molecule has 0 aliphatic heterocycles. The summed E-state index contributed by atoms with van der Waals surface area (Å²) in [6.07, 6.45) is 1.46. The Morgan fingerprint density at radius 3 is 2.71 bits per heavy atom. The van der Waals surface area contributed by atoms with Crippen molar-refractivity contribution in [3.05, 3.63) is 35.7 Å². The number of aryl methyl sites for hydroxylation is 1. The number of rotatable bonds is 7. The number of nitrogens with one attached hydrogen (secondary N) is 1. The zero-order chi connectivity index (χ0) is 15.3. The van der Waals surface area contributed by atoms with E-state index in [1.807, 2.05) is 38.1 Å². The third-order valence-electron chi connectivity index (χ3n) is 3.05. The molecule has 0 amide bonds. The van der Waals surface area contributed by atoms with Gasteiger partial charge in [0.25, 0.3) is 0 Å². The molecule has 0 atom stereocenters. The van der Waals surface area contributed by atoms with Crippen LogP contribution in [0.4, 0.5) is 0 Å². The second kappa shape index (κ2) is 6.82. The molecule has 1 heterocycles. The third kappa shape index (κ3) is 4.37. The number of benzene rings is 1. The predicted molar refractivity (Wildman–Crippen MR) is 80.0 cm³/mol. The Balaban J connectivity index is 2.03. The van der Waals surface area contributed by atoms with Crippen molar-refractivity contribution in [3.8, 4) is 11.5 Å². The minimum absolute atomic E-state index is 0.0188. The van der Waals surface area contributed by atoms with Crippen molar-refractivity contribution in [1.29, 1.82) is 0 Å². The van der Waals surface area contributed by atoms with Gasteiger partial charge in [-0.15, -0.1) is 10.2 Å². The van der Waals surface area contributed by atoms with Crippen LogP contribution in [0.3, 0.4) is 0 Å². The largest absolute Gasteiger partial charge is 0.419 e. The summed E-state index contributed by atoms with van der Waals surface area (Å²) in [5.41, 5.74) is 1.88. The number of nitrogens with zero attached hydrogens (tertiary/aromatic N) is 2. The molecule has 0 spiro atoms. The van der Waals surface area contributed by atoms with Gasteiger partial charge in [-0.1, -0.05) is 31.5 Å². The molecular weight excluding hydrogens is 290 g/mol. The minimum Gasteiger partial charge on any atom is -0.419 e. The molecule has 0 radical (unpaired) electrons. The van der Waals surface area contributed by atoms with Crippen LogP contribution in [0.5, 0.6) is 0 Å². The average molecular weight is 309 g/mol. The van der Waals surface area contributed by atoms with E-state index in [-0.39, 0.29) is 18.2 Å². The van der Waals surface area contributed by atoms with Crippen LogP contribution in [0, 0.1) is 6.92 Å². The highest BCUT2D eigenvalue weighted by Crippen LogP contribution is 2.21. The van der Waals surface area contributed by atoms with Crippen LogP contribution < -0.4 is 4.72 Å². The van der Waals surface area contributed by atoms with E-state index in [9.17, 15) is 8.42 Å². The van der Waals surface area contributed by atoms with Gasteiger partial charge in [0, 0.05) is 5.56 Å².